The van der Waals surface area contributed by atoms with Crippen LogP contribution in [0.5, 0.6) is 0 Å². The van der Waals surface area contributed by atoms with Crippen LogP contribution in [0, 0.1) is 0 Å². The van der Waals surface area contributed by atoms with E-state index in [1.54, 1.807) is 0 Å². The van der Waals surface area contributed by atoms with E-state index in [2.05, 4.69) is 13.6 Å². The van der Waals surface area contributed by atoms with Crippen LogP contribution in [-0.4, -0.2) is 46.2 Å². The smallest absolute Gasteiger partial charge is 0.337 e. The first-order valence-corrected chi connectivity index (χ1v) is 11.7. The molecular formula is C12H15O13P4+3. The molecule has 1 aromatic carbocycles. The second-order valence-electron chi connectivity index (χ2n) is 4.90. The molecule has 5 atom stereocenters. The number of aliphatic hydroxyl groups is 2. The molecule has 0 aliphatic heterocycles. The molecule has 0 bridgehead atoms. The molecule has 0 radical (unpaired) electrons. The van der Waals surface area contributed by atoms with Crippen molar-refractivity contribution >= 4 is 45.3 Å². The quantitative estimate of drug-likeness (QED) is 0.172. The molecule has 0 aliphatic rings. The average Bonchev–Trinajstić information content (AvgIpc) is 2.57. The summed E-state index contributed by atoms with van der Waals surface area (Å²) in [5.41, 5.74) is -2.17. The van der Waals surface area contributed by atoms with Crippen molar-refractivity contribution in [2.75, 3.05) is 0 Å². The first-order valence-electron chi connectivity index (χ1n) is 7.02. The molecule has 29 heavy (non-hydrogen) atoms. The third kappa shape index (κ3) is 9.59. The molecule has 13 nitrogen and oxygen atoms in total. The number of hydrogen-bond donors (Lipinski definition) is 7. The molecule has 0 fully saturated rings. The maximum absolute atomic E-state index is 11.1. The standard InChI is InChI=1S/C12H12O13P4/c13-11(23-27(17)18,24-28(19)20)7-5-9-1-3-10(4-2-9)6-8-12(14,26(15)16)25-29(21)22/h1-8,13-14,17-18H/p+3. The first kappa shape index (κ1) is 26.1. The van der Waals surface area contributed by atoms with E-state index in [9.17, 15) is 23.9 Å². The second kappa shape index (κ2) is 11.4. The predicted molar refractivity (Wildman–Crippen MR) is 98.5 cm³/mol. The summed E-state index contributed by atoms with van der Waals surface area (Å²) in [6.07, 6.45) is 3.69. The number of rotatable bonds is 11. The van der Waals surface area contributed by atoms with Crippen LogP contribution in [0.15, 0.2) is 36.4 Å². The highest BCUT2D eigenvalue weighted by molar-refractivity contribution is 7.41. The minimum atomic E-state index is -3.41. The first-order chi connectivity index (χ1) is 13.3. The van der Waals surface area contributed by atoms with Crippen LogP contribution in [0.3, 0.4) is 0 Å². The Balaban J connectivity index is 2.97. The van der Waals surface area contributed by atoms with Crippen LogP contribution >= 0.6 is 33.1 Å². The zero-order valence-electron chi connectivity index (χ0n) is 14.0. The molecule has 1 aromatic rings. The van der Waals surface area contributed by atoms with Crippen molar-refractivity contribution in [2.24, 2.45) is 0 Å². The Kier molecular flexibility index (Phi) is 10.3. The molecule has 1 rings (SSSR count). The lowest BCUT2D eigenvalue weighted by molar-refractivity contribution is -0.236. The summed E-state index contributed by atoms with van der Waals surface area (Å²) in [4.78, 5) is 44.0. The van der Waals surface area contributed by atoms with E-state index in [0.29, 0.717) is 17.2 Å². The van der Waals surface area contributed by atoms with Crippen LogP contribution in [0.2, 0.25) is 0 Å². The highest BCUT2D eigenvalue weighted by atomic mass is 31.2. The third-order valence-corrected chi connectivity index (χ3v) is 5.03. The van der Waals surface area contributed by atoms with Crippen LogP contribution in [0.1, 0.15) is 11.1 Å². The van der Waals surface area contributed by atoms with Gasteiger partial charge in [0.2, 0.25) is 0 Å². The average molecular weight is 491 g/mol. The van der Waals surface area contributed by atoms with Crippen molar-refractivity contribution < 1.29 is 61.9 Å². The van der Waals surface area contributed by atoms with Gasteiger partial charge in [-0.25, -0.2) is 4.52 Å². The van der Waals surface area contributed by atoms with Crippen molar-refractivity contribution in [3.05, 3.63) is 47.5 Å². The summed E-state index contributed by atoms with van der Waals surface area (Å²) in [6, 6.07) is 5.67. The summed E-state index contributed by atoms with van der Waals surface area (Å²) >= 11 is 0. The number of hydrogen-bond acceptors (Lipinski definition) is 10. The van der Waals surface area contributed by atoms with Gasteiger partial charge in [-0.1, -0.05) is 30.3 Å². The van der Waals surface area contributed by atoms with Crippen LogP contribution in [0.4, 0.5) is 0 Å². The monoisotopic (exact) mass is 491 g/mol. The van der Waals surface area contributed by atoms with Gasteiger partial charge in [-0.05, 0) is 30.8 Å². The Morgan fingerprint density at radius 1 is 0.828 bits per heavy atom. The van der Waals surface area contributed by atoms with E-state index < -0.39 is 44.6 Å². The summed E-state index contributed by atoms with van der Waals surface area (Å²) in [7, 11) is -13.2. The molecule has 17 heteroatoms. The van der Waals surface area contributed by atoms with Crippen molar-refractivity contribution in [1.82, 2.24) is 0 Å². The van der Waals surface area contributed by atoms with E-state index in [1.165, 1.54) is 24.3 Å². The molecule has 0 heterocycles. The summed E-state index contributed by atoms with van der Waals surface area (Å²) < 4.78 is 45.0. The van der Waals surface area contributed by atoms with Gasteiger partial charge in [0, 0.05) is 21.3 Å². The van der Waals surface area contributed by atoms with Crippen LogP contribution in [-0.2, 0) is 27.3 Å². The van der Waals surface area contributed by atoms with Gasteiger partial charge >= 0.3 is 44.6 Å². The molecule has 0 saturated heterocycles. The van der Waals surface area contributed by atoms with E-state index in [-0.39, 0.29) is 0 Å². The van der Waals surface area contributed by atoms with E-state index in [0.717, 1.165) is 18.2 Å². The lowest BCUT2D eigenvalue weighted by atomic mass is 10.1. The van der Waals surface area contributed by atoms with Crippen molar-refractivity contribution in [2.45, 2.75) is 11.5 Å². The summed E-state index contributed by atoms with van der Waals surface area (Å²) in [6.45, 7) is 0. The van der Waals surface area contributed by atoms with Gasteiger partial charge in [0.15, 0.2) is 0 Å². The van der Waals surface area contributed by atoms with Crippen molar-refractivity contribution in [3.8, 4) is 0 Å². The van der Waals surface area contributed by atoms with E-state index in [4.69, 9.17) is 24.5 Å². The summed E-state index contributed by atoms with van der Waals surface area (Å²) in [5, 5.41) is 19.6. The van der Waals surface area contributed by atoms with Gasteiger partial charge in [-0.3, -0.25) is 0 Å². The molecule has 0 aromatic heterocycles. The van der Waals surface area contributed by atoms with Gasteiger partial charge in [0.25, 0.3) is 0 Å². The summed E-state index contributed by atoms with van der Waals surface area (Å²) in [5.74, 6) is -2.89. The Labute approximate surface area is 166 Å². The molecule has 158 valence electrons. The zero-order chi connectivity index (χ0) is 22.2. The van der Waals surface area contributed by atoms with Gasteiger partial charge in [-0.15, -0.1) is 9.79 Å². The topological polar surface area (TPSA) is 221 Å². The van der Waals surface area contributed by atoms with Crippen molar-refractivity contribution in [1.29, 1.82) is 0 Å². The Bertz CT molecular complexity index is 811. The van der Waals surface area contributed by atoms with Gasteiger partial charge in [0.1, 0.15) is 0 Å². The second-order valence-corrected chi connectivity index (χ2v) is 8.09. The van der Waals surface area contributed by atoms with E-state index in [1.807, 2.05) is 0 Å². The fourth-order valence-corrected chi connectivity index (χ4v) is 3.37. The molecule has 0 amide bonds. The Hall–Kier alpha value is -0.970. The predicted octanol–water partition coefficient (Wildman–Crippen LogP) is 1.30. The SMILES string of the molecule is O=[P+](O)OC(O)(C=Cc1ccc(C=CC(O)(O[P+](=O)O)[P+](=O)O)cc1)OP(O)O. The van der Waals surface area contributed by atoms with Crippen LogP contribution in [0.25, 0.3) is 12.2 Å². The van der Waals surface area contributed by atoms with E-state index >= 15 is 0 Å². The fourth-order valence-electron chi connectivity index (χ4n) is 1.68. The molecule has 5 unspecified atom stereocenters. The fraction of sp³-hybridized carbons (Fsp3) is 0.167. The zero-order valence-corrected chi connectivity index (χ0v) is 17.6. The lowest BCUT2D eigenvalue weighted by Crippen LogP contribution is -2.29. The number of benzene rings is 1. The van der Waals surface area contributed by atoms with Gasteiger partial charge in [-0.2, -0.15) is 4.89 Å². The van der Waals surface area contributed by atoms with Crippen molar-refractivity contribution in [3.63, 3.8) is 0 Å². The highest BCUT2D eigenvalue weighted by Crippen LogP contribution is 2.41. The molecule has 7 N–H and O–H groups in total. The Morgan fingerprint density at radius 3 is 1.66 bits per heavy atom. The van der Waals surface area contributed by atoms with Gasteiger partial charge in [0.05, 0.1) is 0 Å². The largest absolute Gasteiger partial charge is 0.702 e. The van der Waals surface area contributed by atoms with Crippen LogP contribution < -0.4 is 0 Å². The maximum Gasteiger partial charge on any atom is 0.702 e. The lowest BCUT2D eigenvalue weighted by Gasteiger charge is -2.17. The minimum absolute atomic E-state index is 0.352. The Morgan fingerprint density at radius 2 is 1.28 bits per heavy atom. The molecule has 0 aliphatic carbocycles. The molecular weight excluding hydrogens is 476 g/mol. The highest BCUT2D eigenvalue weighted by Gasteiger charge is 2.55. The third-order valence-electron chi connectivity index (χ3n) is 2.82. The normalized spacial score (nSPS) is 18.0. The molecule has 0 saturated carbocycles. The molecule has 0 spiro atoms. The van der Waals surface area contributed by atoms with Gasteiger partial charge < -0.3 is 20.0 Å². The minimum Gasteiger partial charge on any atom is -0.337 e. The maximum atomic E-state index is 11.1.